The van der Waals surface area contributed by atoms with E-state index < -0.39 is 11.9 Å². The number of carboxylic acid groups (broad SMARTS) is 1. The van der Waals surface area contributed by atoms with E-state index >= 15 is 0 Å². The maximum Gasteiger partial charge on any atom is 0.307 e. The van der Waals surface area contributed by atoms with Gasteiger partial charge in [-0.1, -0.05) is 36.4 Å². The zero-order valence-corrected chi connectivity index (χ0v) is 20.4. The highest BCUT2D eigenvalue weighted by Crippen LogP contribution is 2.38. The largest absolute Gasteiger partial charge is 0.481 e. The Morgan fingerprint density at radius 3 is 2.34 bits per heavy atom. The molecule has 0 fully saturated rings. The lowest BCUT2D eigenvalue weighted by molar-refractivity contribution is -0.142. The van der Waals surface area contributed by atoms with Crippen LogP contribution in [0.2, 0.25) is 0 Å². The van der Waals surface area contributed by atoms with Gasteiger partial charge in [0, 0.05) is 11.6 Å². The molecule has 2 atom stereocenters. The van der Waals surface area contributed by atoms with E-state index in [0.717, 1.165) is 22.5 Å². The zero-order valence-electron chi connectivity index (χ0n) is 18.7. The average Bonchev–Trinajstić information content (AvgIpc) is 3.21. The Balaban J connectivity index is 1.26. The minimum absolute atomic E-state index is 0.0989. The molecule has 9 heteroatoms. The number of aromatic nitrogens is 3. The normalized spacial score (nSPS) is 16.9. The number of fused-ring (bicyclic) bond motifs is 1. The molecule has 4 aromatic rings. The summed E-state index contributed by atoms with van der Waals surface area (Å²) in [6.07, 6.45) is 1.24. The summed E-state index contributed by atoms with van der Waals surface area (Å²) in [6.45, 7) is 0.266. The molecule has 4 N–H and O–H groups in total. The minimum atomic E-state index is -0.761. The fraction of sp³-hybridized carbons (Fsp3) is 0.192. The minimum Gasteiger partial charge on any atom is -0.481 e. The molecule has 1 aromatic heterocycles. The Bertz CT molecular complexity index is 1450. The number of carboxylic acids is 1. The molecule has 1 aliphatic carbocycles. The number of hydrogen-bond acceptors (Lipinski definition) is 5. The first-order valence-corrected chi connectivity index (χ1v) is 12.1. The van der Waals surface area contributed by atoms with Gasteiger partial charge in [-0.3, -0.25) is 19.6 Å². The van der Waals surface area contributed by atoms with Gasteiger partial charge in [0.1, 0.15) is 5.75 Å². The highest BCUT2D eigenvalue weighted by atomic mass is 32.1. The number of hydrogen-bond donors (Lipinski definition) is 4. The number of carbonyl (C=O) groups is 1. The van der Waals surface area contributed by atoms with E-state index in [1.807, 2.05) is 66.7 Å². The van der Waals surface area contributed by atoms with Gasteiger partial charge < -0.3 is 15.2 Å². The molecule has 178 valence electrons. The van der Waals surface area contributed by atoms with Gasteiger partial charge >= 0.3 is 5.97 Å². The number of aromatic amines is 2. The van der Waals surface area contributed by atoms with E-state index in [0.29, 0.717) is 28.1 Å². The fourth-order valence-electron chi connectivity index (χ4n) is 4.64. The summed E-state index contributed by atoms with van der Waals surface area (Å²) in [6, 6.07) is 23.5. The number of nitrogens with zero attached hydrogens (tertiary/aromatic N) is 1. The van der Waals surface area contributed by atoms with Gasteiger partial charge in [-0.2, -0.15) is 0 Å². The van der Waals surface area contributed by atoms with Crippen LogP contribution in [0.5, 0.6) is 5.75 Å². The van der Waals surface area contributed by atoms with Gasteiger partial charge in [0.25, 0.3) is 0 Å². The standard InChI is InChI=1S/C26H24N4O3S2/c31-24(32)23-14-17-5-2-1-4-16(17)13-22(23)18-6-3-7-21(12-18)33-15-27-19-8-10-20(11-9-19)30-25(34)28-29-26(30)35/h1-12,22-23,27H,13-15H2,(H,28,34)(H,29,35)(H,31,32). The molecule has 0 radical (unpaired) electrons. The van der Waals surface area contributed by atoms with Crippen LogP contribution in [0, 0.1) is 15.5 Å². The van der Waals surface area contributed by atoms with Gasteiger partial charge in [0.2, 0.25) is 0 Å². The van der Waals surface area contributed by atoms with Gasteiger partial charge in [0.05, 0.1) is 11.6 Å². The predicted molar refractivity (Wildman–Crippen MR) is 139 cm³/mol. The second-order valence-electron chi connectivity index (χ2n) is 8.51. The summed E-state index contributed by atoms with van der Waals surface area (Å²) in [5.74, 6) is -0.626. The molecule has 0 saturated carbocycles. The van der Waals surface area contributed by atoms with Crippen molar-refractivity contribution in [3.05, 3.63) is 99.0 Å². The van der Waals surface area contributed by atoms with Crippen molar-refractivity contribution in [2.24, 2.45) is 5.92 Å². The van der Waals surface area contributed by atoms with Gasteiger partial charge in [-0.25, -0.2) is 0 Å². The molecule has 1 heterocycles. The SMILES string of the molecule is O=C(O)C1Cc2ccccc2CC1c1cccc(OCNc2ccc(-n3c(=S)[nH][nH]c3=S)cc2)c1. The van der Waals surface area contributed by atoms with Crippen LogP contribution in [0.3, 0.4) is 0 Å². The van der Waals surface area contributed by atoms with E-state index in [4.69, 9.17) is 29.2 Å². The lowest BCUT2D eigenvalue weighted by Gasteiger charge is -2.31. The Labute approximate surface area is 212 Å². The Morgan fingerprint density at radius 1 is 0.971 bits per heavy atom. The van der Waals surface area contributed by atoms with E-state index in [2.05, 4.69) is 21.6 Å². The second kappa shape index (κ2) is 9.89. The summed E-state index contributed by atoms with van der Waals surface area (Å²) in [5, 5.41) is 18.8. The first-order valence-electron chi connectivity index (χ1n) is 11.3. The number of ether oxygens (including phenoxy) is 1. The quantitative estimate of drug-likeness (QED) is 0.193. The van der Waals surface area contributed by atoms with E-state index in [-0.39, 0.29) is 12.6 Å². The summed E-state index contributed by atoms with van der Waals surface area (Å²) in [4.78, 5) is 12.0. The van der Waals surface area contributed by atoms with Crippen LogP contribution in [0.25, 0.3) is 5.69 Å². The van der Waals surface area contributed by atoms with Crippen molar-refractivity contribution >= 4 is 36.1 Å². The third kappa shape index (κ3) is 4.91. The zero-order chi connectivity index (χ0) is 24.4. The smallest absolute Gasteiger partial charge is 0.307 e. The lowest BCUT2D eigenvalue weighted by atomic mass is 9.73. The average molecular weight is 505 g/mol. The molecule has 35 heavy (non-hydrogen) atoms. The van der Waals surface area contributed by atoms with Gasteiger partial charge in [-0.15, -0.1) is 0 Å². The van der Waals surface area contributed by atoms with Crippen molar-refractivity contribution in [2.45, 2.75) is 18.8 Å². The summed E-state index contributed by atoms with van der Waals surface area (Å²) in [7, 11) is 0. The highest BCUT2D eigenvalue weighted by molar-refractivity contribution is 7.72. The number of benzene rings is 3. The summed E-state index contributed by atoms with van der Waals surface area (Å²) in [5.41, 5.74) is 5.07. The number of aliphatic carboxylic acids is 1. The Kier molecular flexibility index (Phi) is 6.52. The molecule has 0 aliphatic heterocycles. The molecule has 2 unspecified atom stereocenters. The number of nitrogens with one attached hydrogen (secondary N) is 3. The molecule has 3 aromatic carbocycles. The van der Waals surface area contributed by atoms with Crippen molar-refractivity contribution < 1.29 is 14.6 Å². The highest BCUT2D eigenvalue weighted by Gasteiger charge is 2.34. The van der Waals surface area contributed by atoms with Crippen molar-refractivity contribution in [3.63, 3.8) is 0 Å². The second-order valence-corrected chi connectivity index (χ2v) is 9.28. The van der Waals surface area contributed by atoms with Crippen LogP contribution in [-0.2, 0) is 17.6 Å². The maximum absolute atomic E-state index is 12.0. The lowest BCUT2D eigenvalue weighted by Crippen LogP contribution is -2.30. The summed E-state index contributed by atoms with van der Waals surface area (Å²) < 4.78 is 8.69. The third-order valence-electron chi connectivity index (χ3n) is 6.41. The molecule has 0 amide bonds. The van der Waals surface area contributed by atoms with Crippen molar-refractivity contribution in [1.82, 2.24) is 14.8 Å². The van der Waals surface area contributed by atoms with Gasteiger partial charge in [0.15, 0.2) is 16.3 Å². The van der Waals surface area contributed by atoms with E-state index in [1.54, 1.807) is 4.57 Å². The monoisotopic (exact) mass is 504 g/mol. The summed E-state index contributed by atoms with van der Waals surface area (Å²) >= 11 is 10.5. The van der Waals surface area contributed by atoms with E-state index in [1.165, 1.54) is 5.56 Å². The van der Waals surface area contributed by atoms with Crippen molar-refractivity contribution in [3.8, 4) is 11.4 Å². The molecule has 5 rings (SSSR count). The number of rotatable bonds is 7. The molecule has 7 nitrogen and oxygen atoms in total. The van der Waals surface area contributed by atoms with Crippen molar-refractivity contribution in [1.29, 1.82) is 0 Å². The number of anilines is 1. The van der Waals surface area contributed by atoms with Crippen LogP contribution in [0.4, 0.5) is 5.69 Å². The first-order chi connectivity index (χ1) is 17.0. The molecular formula is C26H24N4O3S2. The predicted octanol–water partition coefficient (Wildman–Crippen LogP) is 5.62. The maximum atomic E-state index is 12.0. The molecule has 0 bridgehead atoms. The molecular weight excluding hydrogens is 480 g/mol. The van der Waals surface area contributed by atoms with Crippen LogP contribution in [-0.4, -0.2) is 32.6 Å². The molecule has 1 aliphatic rings. The Morgan fingerprint density at radius 2 is 1.66 bits per heavy atom. The molecule has 0 saturated heterocycles. The van der Waals surface area contributed by atoms with Crippen LogP contribution in [0.1, 0.15) is 22.6 Å². The number of H-pyrrole nitrogens is 2. The fourth-order valence-corrected chi connectivity index (χ4v) is 5.19. The van der Waals surface area contributed by atoms with Crippen molar-refractivity contribution in [2.75, 3.05) is 12.0 Å². The molecule has 0 spiro atoms. The third-order valence-corrected chi connectivity index (χ3v) is 6.98. The van der Waals surface area contributed by atoms with Gasteiger partial charge in [-0.05, 0) is 90.4 Å². The van der Waals surface area contributed by atoms with Crippen LogP contribution < -0.4 is 10.1 Å². The Hall–Kier alpha value is -3.69. The van der Waals surface area contributed by atoms with Crippen LogP contribution in [0.15, 0.2) is 72.8 Å². The first kappa shape index (κ1) is 23.1. The van der Waals surface area contributed by atoms with E-state index in [9.17, 15) is 9.90 Å². The van der Waals surface area contributed by atoms with Crippen LogP contribution >= 0.6 is 24.4 Å². The topological polar surface area (TPSA) is 95.1 Å².